The van der Waals surface area contributed by atoms with Gasteiger partial charge in [0.15, 0.2) is 0 Å². The molecule has 0 bridgehead atoms. The molecule has 0 heterocycles. The summed E-state index contributed by atoms with van der Waals surface area (Å²) in [5.74, 6) is 0. The highest BCUT2D eigenvalue weighted by Gasteiger charge is 2.63. The SMILES string of the molecule is CCC(CCc1c(C2(C(F)(F)F)CCC2)cccc1C1(C(F)(F)F)CCC1)N(C)Cc1ccccc1. The molecule has 198 valence electrons. The molecular formula is C29H35F6N. The van der Waals surface area contributed by atoms with E-state index >= 15 is 0 Å². The largest absolute Gasteiger partial charge is 0.398 e. The standard InChI is InChI=1S/C29H35F6N/c1-3-22(36(2)20-21-10-5-4-6-11-21)14-15-23-24(26(16-8-17-26)28(30,31)32)12-7-13-25(23)27(18-9-19-27)29(33,34)35/h4-7,10-13,22H,3,8-9,14-20H2,1-2H3. The lowest BCUT2D eigenvalue weighted by molar-refractivity contribution is -0.215. The first-order valence-electron chi connectivity index (χ1n) is 13.0. The summed E-state index contributed by atoms with van der Waals surface area (Å²) in [7, 11) is 1.97. The summed E-state index contributed by atoms with van der Waals surface area (Å²) in [5.41, 5.74) is -2.50. The van der Waals surface area contributed by atoms with Gasteiger partial charge in [0.1, 0.15) is 0 Å². The van der Waals surface area contributed by atoms with Crippen LogP contribution in [0.5, 0.6) is 0 Å². The molecule has 0 amide bonds. The molecular weight excluding hydrogens is 476 g/mol. The molecule has 0 radical (unpaired) electrons. The van der Waals surface area contributed by atoms with Crippen molar-refractivity contribution in [3.05, 3.63) is 70.8 Å². The third-order valence-corrected chi connectivity index (χ3v) is 8.80. The molecule has 0 aromatic heterocycles. The molecule has 0 spiro atoms. The van der Waals surface area contributed by atoms with Gasteiger partial charge in [-0.25, -0.2) is 0 Å². The van der Waals surface area contributed by atoms with Crippen molar-refractivity contribution in [2.45, 2.75) is 100 Å². The van der Waals surface area contributed by atoms with Crippen LogP contribution in [0.2, 0.25) is 0 Å². The molecule has 2 aromatic carbocycles. The summed E-state index contributed by atoms with van der Waals surface area (Å²) in [6.45, 7) is 2.69. The van der Waals surface area contributed by atoms with Crippen molar-refractivity contribution < 1.29 is 26.3 Å². The Morgan fingerprint density at radius 2 is 1.28 bits per heavy atom. The first-order chi connectivity index (χ1) is 17.0. The molecule has 0 N–H and O–H groups in total. The Morgan fingerprint density at radius 3 is 1.67 bits per heavy atom. The molecule has 2 aromatic rings. The Labute approximate surface area is 209 Å². The third kappa shape index (κ3) is 4.68. The molecule has 4 rings (SSSR count). The van der Waals surface area contributed by atoms with Crippen molar-refractivity contribution in [2.75, 3.05) is 7.05 Å². The van der Waals surface area contributed by atoms with Crippen LogP contribution in [0.1, 0.15) is 80.5 Å². The number of hydrogen-bond acceptors (Lipinski definition) is 1. The monoisotopic (exact) mass is 511 g/mol. The predicted octanol–water partition coefficient (Wildman–Crippen LogP) is 8.50. The van der Waals surface area contributed by atoms with E-state index < -0.39 is 23.2 Å². The Bertz CT molecular complexity index is 968. The number of nitrogens with zero attached hydrogens (tertiary/aromatic N) is 1. The first kappa shape index (κ1) is 27.0. The minimum atomic E-state index is -4.49. The molecule has 0 saturated heterocycles. The minimum Gasteiger partial charge on any atom is -0.299 e. The number of hydrogen-bond donors (Lipinski definition) is 0. The second-order valence-corrected chi connectivity index (χ2v) is 10.7. The van der Waals surface area contributed by atoms with Crippen molar-refractivity contribution in [2.24, 2.45) is 0 Å². The lowest BCUT2D eigenvalue weighted by atomic mass is 9.58. The maximum Gasteiger partial charge on any atom is 0.398 e. The van der Waals surface area contributed by atoms with Gasteiger partial charge in [0.25, 0.3) is 0 Å². The van der Waals surface area contributed by atoms with Crippen molar-refractivity contribution in [1.29, 1.82) is 0 Å². The quantitative estimate of drug-likeness (QED) is 0.305. The van der Waals surface area contributed by atoms with Gasteiger partial charge in [0, 0.05) is 12.6 Å². The Morgan fingerprint density at radius 1 is 0.778 bits per heavy atom. The zero-order valence-corrected chi connectivity index (χ0v) is 21.0. The van der Waals surface area contributed by atoms with Gasteiger partial charge in [-0.05, 0) is 74.2 Å². The van der Waals surface area contributed by atoms with Crippen molar-refractivity contribution in [1.82, 2.24) is 4.90 Å². The zero-order chi connectivity index (χ0) is 26.2. The second kappa shape index (κ2) is 10.0. The molecule has 2 aliphatic rings. The summed E-state index contributed by atoms with van der Waals surface area (Å²) in [4.78, 5) is 2.16. The summed E-state index contributed by atoms with van der Waals surface area (Å²) >= 11 is 0. The molecule has 1 nitrogen and oxygen atoms in total. The fourth-order valence-electron chi connectivity index (χ4n) is 6.27. The van der Waals surface area contributed by atoms with Crippen LogP contribution in [-0.2, 0) is 23.8 Å². The summed E-state index contributed by atoms with van der Waals surface area (Å²) in [6.07, 6.45) is -6.87. The Balaban J connectivity index is 1.71. The Hall–Kier alpha value is -2.02. The highest BCUT2D eigenvalue weighted by Crippen LogP contribution is 2.59. The molecule has 7 heteroatoms. The van der Waals surface area contributed by atoms with Gasteiger partial charge in [-0.3, -0.25) is 4.90 Å². The van der Waals surface area contributed by atoms with Crippen LogP contribution >= 0.6 is 0 Å². The van der Waals surface area contributed by atoms with Gasteiger partial charge in [0.05, 0.1) is 10.8 Å². The number of alkyl halides is 6. The van der Waals surface area contributed by atoms with E-state index in [-0.39, 0.29) is 54.8 Å². The lowest BCUT2D eigenvalue weighted by Gasteiger charge is -2.48. The van der Waals surface area contributed by atoms with E-state index in [1.807, 2.05) is 44.3 Å². The smallest absolute Gasteiger partial charge is 0.299 e. The number of rotatable bonds is 9. The summed E-state index contributed by atoms with van der Waals surface area (Å²) in [6, 6.07) is 14.2. The molecule has 2 fully saturated rings. The van der Waals surface area contributed by atoms with Crippen molar-refractivity contribution in [3.63, 3.8) is 0 Å². The van der Waals surface area contributed by atoms with Crippen molar-refractivity contribution >= 4 is 0 Å². The van der Waals surface area contributed by atoms with Crippen molar-refractivity contribution in [3.8, 4) is 0 Å². The van der Waals surface area contributed by atoms with E-state index in [0.717, 1.165) is 12.0 Å². The zero-order valence-electron chi connectivity index (χ0n) is 21.0. The van der Waals surface area contributed by atoms with Crippen LogP contribution in [-0.4, -0.2) is 30.3 Å². The van der Waals surface area contributed by atoms with E-state index in [0.29, 0.717) is 25.8 Å². The summed E-state index contributed by atoms with van der Waals surface area (Å²) < 4.78 is 86.3. The van der Waals surface area contributed by atoms with Gasteiger partial charge in [-0.15, -0.1) is 0 Å². The van der Waals surface area contributed by atoms with E-state index in [4.69, 9.17) is 0 Å². The van der Waals surface area contributed by atoms with Crippen LogP contribution in [0.25, 0.3) is 0 Å². The van der Waals surface area contributed by atoms with Crippen LogP contribution in [0.15, 0.2) is 48.5 Å². The number of benzene rings is 2. The van der Waals surface area contributed by atoms with Crippen LogP contribution in [0.3, 0.4) is 0 Å². The van der Waals surface area contributed by atoms with E-state index in [9.17, 15) is 26.3 Å². The average molecular weight is 512 g/mol. The first-order valence-corrected chi connectivity index (χ1v) is 13.0. The normalized spacial score (nSPS) is 20.0. The average Bonchev–Trinajstić information content (AvgIpc) is 2.72. The third-order valence-electron chi connectivity index (χ3n) is 8.80. The van der Waals surface area contributed by atoms with Gasteiger partial charge >= 0.3 is 12.4 Å². The molecule has 36 heavy (non-hydrogen) atoms. The molecule has 2 aliphatic carbocycles. The van der Waals surface area contributed by atoms with Crippen LogP contribution < -0.4 is 0 Å². The summed E-state index contributed by atoms with van der Waals surface area (Å²) in [5, 5.41) is 0. The van der Waals surface area contributed by atoms with E-state index in [1.165, 1.54) is 18.2 Å². The fourth-order valence-corrected chi connectivity index (χ4v) is 6.27. The highest BCUT2D eigenvalue weighted by molar-refractivity contribution is 5.48. The maximum absolute atomic E-state index is 14.4. The van der Waals surface area contributed by atoms with E-state index in [2.05, 4.69) is 4.90 Å². The van der Waals surface area contributed by atoms with Crippen LogP contribution in [0.4, 0.5) is 26.3 Å². The van der Waals surface area contributed by atoms with Gasteiger partial charge in [-0.2, -0.15) is 26.3 Å². The molecule has 1 unspecified atom stereocenters. The second-order valence-electron chi connectivity index (χ2n) is 10.7. The van der Waals surface area contributed by atoms with E-state index in [1.54, 1.807) is 0 Å². The maximum atomic E-state index is 14.4. The predicted molar refractivity (Wildman–Crippen MR) is 130 cm³/mol. The minimum absolute atomic E-state index is 0.0394. The topological polar surface area (TPSA) is 3.24 Å². The highest BCUT2D eigenvalue weighted by atomic mass is 19.4. The lowest BCUT2D eigenvalue weighted by Crippen LogP contribution is -2.51. The molecule has 0 aliphatic heterocycles. The van der Waals surface area contributed by atoms with Crippen LogP contribution in [0, 0.1) is 0 Å². The fraction of sp³-hybridized carbons (Fsp3) is 0.586. The Kier molecular flexibility index (Phi) is 7.53. The van der Waals surface area contributed by atoms with Gasteiger partial charge in [0.2, 0.25) is 0 Å². The molecule has 1 atom stereocenters. The van der Waals surface area contributed by atoms with Gasteiger partial charge in [-0.1, -0.05) is 68.3 Å². The molecule has 2 saturated carbocycles. The number of halogens is 6. The van der Waals surface area contributed by atoms with Gasteiger partial charge < -0.3 is 0 Å².